The van der Waals surface area contributed by atoms with Crippen LogP contribution in [0.25, 0.3) is 0 Å². The van der Waals surface area contributed by atoms with E-state index in [1.54, 1.807) is 0 Å². The molecule has 0 amide bonds. The summed E-state index contributed by atoms with van der Waals surface area (Å²) in [5.41, 5.74) is 0. The van der Waals surface area contributed by atoms with E-state index in [0.29, 0.717) is 6.04 Å². The molecule has 0 fully saturated rings. The molecule has 1 heterocycles. The van der Waals surface area contributed by atoms with Crippen LogP contribution in [0.15, 0.2) is 6.07 Å². The topological polar surface area (TPSA) is 41.0 Å². The monoisotopic (exact) mass is 250 g/mol. The summed E-state index contributed by atoms with van der Waals surface area (Å²) in [4.78, 5) is 11.4. The smallest absolute Gasteiger partial charge is 0.134 e. The highest BCUT2D eigenvalue weighted by Crippen LogP contribution is 2.17. The van der Waals surface area contributed by atoms with Gasteiger partial charge in [-0.2, -0.15) is 0 Å². The van der Waals surface area contributed by atoms with Gasteiger partial charge in [0.05, 0.1) is 0 Å². The Bertz CT molecular complexity index is 363. The van der Waals surface area contributed by atoms with E-state index in [9.17, 15) is 0 Å². The summed E-state index contributed by atoms with van der Waals surface area (Å²) in [5.74, 6) is 2.88. The molecule has 0 spiro atoms. The molecule has 4 heteroatoms. The lowest BCUT2D eigenvalue weighted by atomic mass is 10.3. The Kier molecular flexibility index (Phi) is 5.89. The fraction of sp³-hybridized carbons (Fsp3) is 0.714. The molecule has 0 saturated heterocycles. The third-order valence-corrected chi connectivity index (χ3v) is 2.92. The Labute approximate surface area is 111 Å². The fourth-order valence-electron chi connectivity index (χ4n) is 1.61. The maximum Gasteiger partial charge on any atom is 0.134 e. The third-order valence-electron chi connectivity index (χ3n) is 2.92. The summed E-state index contributed by atoms with van der Waals surface area (Å²) in [6.07, 6.45) is 3.10. The molecular formula is C14H26N4. The molecular weight excluding hydrogens is 224 g/mol. The molecule has 4 nitrogen and oxygen atoms in total. The number of nitrogens with one attached hydrogen (secondary N) is 1. The lowest BCUT2D eigenvalue weighted by molar-refractivity contribution is 0.731. The summed E-state index contributed by atoms with van der Waals surface area (Å²) in [7, 11) is 2.08. The first-order valence-corrected chi connectivity index (χ1v) is 6.93. The lowest BCUT2D eigenvalue weighted by Gasteiger charge is -2.23. The quantitative estimate of drug-likeness (QED) is 0.807. The molecule has 1 aromatic heterocycles. The minimum absolute atomic E-state index is 0.438. The zero-order chi connectivity index (χ0) is 13.5. The van der Waals surface area contributed by atoms with Crippen molar-refractivity contribution >= 4 is 11.6 Å². The summed E-state index contributed by atoms with van der Waals surface area (Å²) in [6.45, 7) is 9.60. The number of hydrogen-bond acceptors (Lipinski definition) is 4. The van der Waals surface area contributed by atoms with Crippen LogP contribution in [0.3, 0.4) is 0 Å². The molecule has 0 aromatic carbocycles. The summed E-state index contributed by atoms with van der Waals surface area (Å²) in [5, 5.41) is 3.35. The molecule has 0 bridgehead atoms. The number of hydrogen-bond donors (Lipinski definition) is 1. The van der Waals surface area contributed by atoms with E-state index in [2.05, 4.69) is 54.9 Å². The van der Waals surface area contributed by atoms with Crippen molar-refractivity contribution < 1.29 is 0 Å². The van der Waals surface area contributed by atoms with Gasteiger partial charge in [-0.05, 0) is 26.7 Å². The van der Waals surface area contributed by atoms with Crippen molar-refractivity contribution in [3.05, 3.63) is 11.9 Å². The van der Waals surface area contributed by atoms with Crippen LogP contribution < -0.4 is 10.2 Å². The van der Waals surface area contributed by atoms with Gasteiger partial charge >= 0.3 is 0 Å². The van der Waals surface area contributed by atoms with Gasteiger partial charge in [0, 0.05) is 32.1 Å². The zero-order valence-corrected chi connectivity index (χ0v) is 12.3. The standard InChI is InChI=1S/C14H26N4/c1-6-8-12-16-13(15-9-7-2)10-14(17-12)18(5)11(3)4/h10-11H,6-9H2,1-5H3,(H,15,16,17). The Morgan fingerprint density at radius 1 is 1.22 bits per heavy atom. The predicted octanol–water partition coefficient (Wildman–Crippen LogP) is 3.10. The van der Waals surface area contributed by atoms with Gasteiger partial charge < -0.3 is 10.2 Å². The highest BCUT2D eigenvalue weighted by Gasteiger charge is 2.10. The van der Waals surface area contributed by atoms with Crippen LogP contribution in [0.4, 0.5) is 11.6 Å². The molecule has 0 unspecified atom stereocenters. The Hall–Kier alpha value is -1.32. The average molecular weight is 250 g/mol. The third kappa shape index (κ3) is 4.17. The van der Waals surface area contributed by atoms with Crippen molar-refractivity contribution in [1.82, 2.24) is 9.97 Å². The second-order valence-corrected chi connectivity index (χ2v) is 4.91. The second-order valence-electron chi connectivity index (χ2n) is 4.91. The largest absolute Gasteiger partial charge is 0.370 e. The van der Waals surface area contributed by atoms with Crippen LogP contribution >= 0.6 is 0 Å². The van der Waals surface area contributed by atoms with Gasteiger partial charge in [0.15, 0.2) is 0 Å². The van der Waals surface area contributed by atoms with Gasteiger partial charge in [-0.1, -0.05) is 13.8 Å². The molecule has 0 aliphatic rings. The number of nitrogens with zero attached hydrogens (tertiary/aromatic N) is 3. The SMILES string of the molecule is CCCNc1cc(N(C)C(C)C)nc(CCC)n1. The number of anilines is 2. The molecule has 0 radical (unpaired) electrons. The van der Waals surface area contributed by atoms with E-state index in [1.165, 1.54) is 0 Å². The van der Waals surface area contributed by atoms with Crippen molar-refractivity contribution in [1.29, 1.82) is 0 Å². The molecule has 102 valence electrons. The van der Waals surface area contributed by atoms with Crippen LogP contribution in [0.1, 0.15) is 46.4 Å². The Balaban J connectivity index is 2.97. The Morgan fingerprint density at radius 2 is 1.94 bits per heavy atom. The van der Waals surface area contributed by atoms with Crippen LogP contribution in [-0.2, 0) is 6.42 Å². The van der Waals surface area contributed by atoms with Crippen molar-refractivity contribution in [2.45, 2.75) is 53.0 Å². The van der Waals surface area contributed by atoms with E-state index in [0.717, 1.165) is 43.3 Å². The maximum absolute atomic E-state index is 4.63. The lowest BCUT2D eigenvalue weighted by Crippen LogP contribution is -2.27. The van der Waals surface area contributed by atoms with Gasteiger partial charge in [0.2, 0.25) is 0 Å². The van der Waals surface area contributed by atoms with E-state index < -0.39 is 0 Å². The van der Waals surface area contributed by atoms with Crippen LogP contribution in [0.5, 0.6) is 0 Å². The van der Waals surface area contributed by atoms with E-state index in [1.807, 2.05) is 6.07 Å². The van der Waals surface area contributed by atoms with Gasteiger partial charge in [0.25, 0.3) is 0 Å². The molecule has 1 aromatic rings. The van der Waals surface area contributed by atoms with Gasteiger partial charge in [0.1, 0.15) is 17.5 Å². The number of aryl methyl sites for hydroxylation is 1. The normalized spacial score (nSPS) is 10.8. The highest BCUT2D eigenvalue weighted by molar-refractivity contribution is 5.49. The van der Waals surface area contributed by atoms with Crippen molar-refractivity contribution in [3.8, 4) is 0 Å². The number of aromatic nitrogens is 2. The summed E-state index contributed by atoms with van der Waals surface area (Å²) in [6, 6.07) is 2.47. The maximum atomic E-state index is 4.63. The van der Waals surface area contributed by atoms with Gasteiger partial charge in [-0.25, -0.2) is 9.97 Å². The van der Waals surface area contributed by atoms with Crippen molar-refractivity contribution in [3.63, 3.8) is 0 Å². The van der Waals surface area contributed by atoms with E-state index >= 15 is 0 Å². The zero-order valence-electron chi connectivity index (χ0n) is 12.3. The van der Waals surface area contributed by atoms with Crippen molar-refractivity contribution in [2.75, 3.05) is 23.8 Å². The van der Waals surface area contributed by atoms with Crippen LogP contribution in [0.2, 0.25) is 0 Å². The van der Waals surface area contributed by atoms with Crippen LogP contribution in [-0.4, -0.2) is 29.6 Å². The summed E-state index contributed by atoms with van der Waals surface area (Å²) >= 11 is 0. The van der Waals surface area contributed by atoms with Gasteiger partial charge in [-0.15, -0.1) is 0 Å². The number of rotatable bonds is 7. The second kappa shape index (κ2) is 7.19. The fourth-order valence-corrected chi connectivity index (χ4v) is 1.61. The molecule has 0 aliphatic carbocycles. The average Bonchev–Trinajstić information content (AvgIpc) is 2.35. The Morgan fingerprint density at radius 3 is 2.50 bits per heavy atom. The van der Waals surface area contributed by atoms with Gasteiger partial charge in [-0.3, -0.25) is 0 Å². The predicted molar refractivity (Wildman–Crippen MR) is 78.3 cm³/mol. The first kappa shape index (κ1) is 14.7. The minimum Gasteiger partial charge on any atom is -0.370 e. The van der Waals surface area contributed by atoms with Crippen molar-refractivity contribution in [2.24, 2.45) is 0 Å². The first-order chi connectivity index (χ1) is 8.58. The molecule has 0 saturated carbocycles. The van der Waals surface area contributed by atoms with E-state index in [4.69, 9.17) is 0 Å². The molecule has 18 heavy (non-hydrogen) atoms. The summed E-state index contributed by atoms with van der Waals surface area (Å²) < 4.78 is 0. The molecule has 1 rings (SSSR count). The van der Waals surface area contributed by atoms with E-state index in [-0.39, 0.29) is 0 Å². The first-order valence-electron chi connectivity index (χ1n) is 6.93. The minimum atomic E-state index is 0.438. The molecule has 0 atom stereocenters. The van der Waals surface area contributed by atoms with Crippen LogP contribution in [0, 0.1) is 0 Å². The highest BCUT2D eigenvalue weighted by atomic mass is 15.2. The molecule has 1 N–H and O–H groups in total. The molecule has 0 aliphatic heterocycles.